The molecule has 1 saturated heterocycles. The molecule has 1 fully saturated rings. The highest BCUT2D eigenvalue weighted by molar-refractivity contribution is 8.00. The summed E-state index contributed by atoms with van der Waals surface area (Å²) in [6, 6.07) is 0. The predicted octanol–water partition coefficient (Wildman–Crippen LogP) is 2.50. The minimum Gasteiger partial charge on any atom is -0.298 e. The van der Waals surface area contributed by atoms with Gasteiger partial charge in [0.25, 0.3) is 0 Å². The van der Waals surface area contributed by atoms with Crippen molar-refractivity contribution in [3.05, 3.63) is 0 Å². The third-order valence-electron chi connectivity index (χ3n) is 2.38. The molecule has 1 aliphatic heterocycles. The van der Waals surface area contributed by atoms with E-state index < -0.39 is 0 Å². The topological polar surface area (TPSA) is 17.1 Å². The van der Waals surface area contributed by atoms with Crippen LogP contribution in [0, 0.1) is 5.41 Å². The molecule has 1 rings (SSSR count). The van der Waals surface area contributed by atoms with Gasteiger partial charge in [0.1, 0.15) is 0 Å². The normalized spacial score (nSPS) is 30.5. The number of rotatable bonds is 1. The first-order valence-corrected chi connectivity index (χ1v) is 5.28. The number of Topliss-reactive ketones (excluding diaryl/α,β-unsaturated/α-hetero) is 1. The van der Waals surface area contributed by atoms with Crippen molar-refractivity contribution in [3.8, 4) is 0 Å². The molecule has 0 bridgehead atoms. The molecule has 64 valence electrons. The van der Waals surface area contributed by atoms with E-state index in [0.717, 1.165) is 18.6 Å². The van der Waals surface area contributed by atoms with E-state index in [1.54, 1.807) is 0 Å². The smallest absolute Gasteiger partial charge is 0.151 e. The van der Waals surface area contributed by atoms with E-state index in [1.165, 1.54) is 0 Å². The van der Waals surface area contributed by atoms with Crippen molar-refractivity contribution in [1.29, 1.82) is 0 Å². The Balaban J connectivity index is 2.68. The maximum atomic E-state index is 11.7. The van der Waals surface area contributed by atoms with Gasteiger partial charge in [0.2, 0.25) is 0 Å². The summed E-state index contributed by atoms with van der Waals surface area (Å²) in [5, 5.41) is 0.277. The highest BCUT2D eigenvalue weighted by atomic mass is 32.2. The molecule has 2 heteroatoms. The quantitative estimate of drug-likeness (QED) is 0.604. The SMILES string of the molecule is CCC1SCCC(C)(C)C1=O. The highest BCUT2D eigenvalue weighted by Gasteiger charge is 2.36. The standard InChI is InChI=1S/C9H16OS/c1-4-7-8(10)9(2,3)5-6-11-7/h7H,4-6H2,1-3H3. The molecule has 0 amide bonds. The Morgan fingerprint density at radius 2 is 2.27 bits per heavy atom. The number of carbonyl (C=O) groups excluding carboxylic acids is 1. The van der Waals surface area contributed by atoms with E-state index in [-0.39, 0.29) is 10.7 Å². The third kappa shape index (κ3) is 1.78. The molecule has 0 aromatic carbocycles. The molecule has 0 aromatic rings. The maximum absolute atomic E-state index is 11.7. The Morgan fingerprint density at radius 3 is 2.73 bits per heavy atom. The van der Waals surface area contributed by atoms with Gasteiger partial charge in [-0.1, -0.05) is 20.8 Å². The molecule has 0 spiro atoms. The molecule has 0 radical (unpaired) electrons. The van der Waals surface area contributed by atoms with Gasteiger partial charge in [-0.05, 0) is 18.6 Å². The summed E-state index contributed by atoms with van der Waals surface area (Å²) < 4.78 is 0. The van der Waals surface area contributed by atoms with E-state index in [4.69, 9.17) is 0 Å². The predicted molar refractivity (Wildman–Crippen MR) is 49.9 cm³/mol. The van der Waals surface area contributed by atoms with Crippen LogP contribution in [0.5, 0.6) is 0 Å². The Morgan fingerprint density at radius 1 is 1.64 bits per heavy atom. The molecular formula is C9H16OS. The van der Waals surface area contributed by atoms with E-state index >= 15 is 0 Å². The van der Waals surface area contributed by atoms with Crippen LogP contribution >= 0.6 is 11.8 Å². The number of thioether (sulfide) groups is 1. The second kappa shape index (κ2) is 3.18. The van der Waals surface area contributed by atoms with E-state index in [2.05, 4.69) is 20.8 Å². The zero-order valence-corrected chi connectivity index (χ0v) is 8.33. The van der Waals surface area contributed by atoms with Crippen molar-refractivity contribution in [2.45, 2.75) is 38.9 Å². The number of ketones is 1. The second-order valence-electron chi connectivity index (χ2n) is 3.77. The van der Waals surface area contributed by atoms with Gasteiger partial charge < -0.3 is 0 Å². The molecule has 0 N–H and O–H groups in total. The minimum absolute atomic E-state index is 0.0497. The number of hydrogen-bond acceptors (Lipinski definition) is 2. The molecular weight excluding hydrogens is 156 g/mol. The summed E-state index contributed by atoms with van der Waals surface area (Å²) in [6.07, 6.45) is 2.04. The van der Waals surface area contributed by atoms with Gasteiger partial charge in [-0.15, -0.1) is 0 Å². The van der Waals surface area contributed by atoms with Crippen molar-refractivity contribution in [2.75, 3.05) is 5.75 Å². The molecule has 11 heavy (non-hydrogen) atoms. The molecule has 0 saturated carbocycles. The van der Waals surface area contributed by atoms with Crippen molar-refractivity contribution < 1.29 is 4.79 Å². The van der Waals surface area contributed by atoms with Crippen LogP contribution in [-0.4, -0.2) is 16.8 Å². The number of hydrogen-bond donors (Lipinski definition) is 0. The average Bonchev–Trinajstić information content (AvgIpc) is 1.95. The second-order valence-corrected chi connectivity index (χ2v) is 5.08. The Bertz CT molecular complexity index is 163. The molecule has 1 nitrogen and oxygen atoms in total. The lowest BCUT2D eigenvalue weighted by Gasteiger charge is -2.32. The highest BCUT2D eigenvalue weighted by Crippen LogP contribution is 2.36. The van der Waals surface area contributed by atoms with Gasteiger partial charge in [-0.2, -0.15) is 11.8 Å². The monoisotopic (exact) mass is 172 g/mol. The van der Waals surface area contributed by atoms with Crippen molar-refractivity contribution in [2.24, 2.45) is 5.41 Å². The van der Waals surface area contributed by atoms with E-state index in [1.807, 2.05) is 11.8 Å². The van der Waals surface area contributed by atoms with Gasteiger partial charge in [-0.25, -0.2) is 0 Å². The lowest BCUT2D eigenvalue weighted by Crippen LogP contribution is -2.37. The lowest BCUT2D eigenvalue weighted by atomic mass is 9.82. The van der Waals surface area contributed by atoms with E-state index in [9.17, 15) is 4.79 Å². The Hall–Kier alpha value is 0.0200. The van der Waals surface area contributed by atoms with Crippen LogP contribution in [0.1, 0.15) is 33.6 Å². The first-order valence-electron chi connectivity index (χ1n) is 4.24. The van der Waals surface area contributed by atoms with Crippen LogP contribution in [0.25, 0.3) is 0 Å². The van der Waals surface area contributed by atoms with Gasteiger partial charge in [0.05, 0.1) is 5.25 Å². The lowest BCUT2D eigenvalue weighted by molar-refractivity contribution is -0.127. The maximum Gasteiger partial charge on any atom is 0.151 e. The third-order valence-corrected chi connectivity index (χ3v) is 3.77. The van der Waals surface area contributed by atoms with Crippen molar-refractivity contribution in [3.63, 3.8) is 0 Å². The van der Waals surface area contributed by atoms with Crippen LogP contribution in [0.4, 0.5) is 0 Å². The summed E-state index contributed by atoms with van der Waals surface area (Å²) in [6.45, 7) is 6.23. The molecule has 0 aromatic heterocycles. The summed E-state index contributed by atoms with van der Waals surface area (Å²) in [7, 11) is 0. The van der Waals surface area contributed by atoms with Gasteiger partial charge in [0.15, 0.2) is 5.78 Å². The first-order chi connectivity index (χ1) is 5.08. The molecule has 0 aliphatic carbocycles. The number of carbonyl (C=O) groups is 1. The zero-order valence-electron chi connectivity index (χ0n) is 7.52. The summed E-state index contributed by atoms with van der Waals surface area (Å²) in [5.74, 6) is 1.60. The van der Waals surface area contributed by atoms with Crippen LogP contribution < -0.4 is 0 Å². The molecule has 1 aliphatic rings. The van der Waals surface area contributed by atoms with Crippen molar-refractivity contribution >= 4 is 17.5 Å². The molecule has 1 unspecified atom stereocenters. The zero-order chi connectivity index (χ0) is 8.48. The van der Waals surface area contributed by atoms with Gasteiger partial charge in [0, 0.05) is 5.41 Å². The fourth-order valence-electron chi connectivity index (χ4n) is 1.39. The Labute approximate surface area is 72.9 Å². The van der Waals surface area contributed by atoms with Gasteiger partial charge in [-0.3, -0.25) is 4.79 Å². The molecule has 1 heterocycles. The fourth-order valence-corrected chi connectivity index (χ4v) is 3.01. The van der Waals surface area contributed by atoms with Gasteiger partial charge >= 0.3 is 0 Å². The summed E-state index contributed by atoms with van der Waals surface area (Å²) >= 11 is 1.82. The Kier molecular flexibility index (Phi) is 2.63. The largest absolute Gasteiger partial charge is 0.298 e. The fraction of sp³-hybridized carbons (Fsp3) is 0.889. The van der Waals surface area contributed by atoms with Crippen LogP contribution in [0.3, 0.4) is 0 Å². The van der Waals surface area contributed by atoms with Crippen LogP contribution in [0.2, 0.25) is 0 Å². The first kappa shape index (κ1) is 9.11. The summed E-state index contributed by atoms with van der Waals surface area (Å²) in [4.78, 5) is 11.7. The molecule has 1 atom stereocenters. The van der Waals surface area contributed by atoms with Crippen molar-refractivity contribution in [1.82, 2.24) is 0 Å². The van der Waals surface area contributed by atoms with E-state index in [0.29, 0.717) is 5.78 Å². The average molecular weight is 172 g/mol. The summed E-state index contributed by atoms with van der Waals surface area (Å²) in [5.41, 5.74) is -0.0497. The minimum atomic E-state index is -0.0497. The van der Waals surface area contributed by atoms with Crippen LogP contribution in [-0.2, 0) is 4.79 Å². The van der Waals surface area contributed by atoms with Crippen LogP contribution in [0.15, 0.2) is 0 Å².